The number of benzene rings is 2. The van der Waals surface area contributed by atoms with Crippen molar-refractivity contribution >= 4 is 16.8 Å². The minimum absolute atomic E-state index is 0.0909. The van der Waals surface area contributed by atoms with Crippen LogP contribution in [0.2, 0.25) is 0 Å². The van der Waals surface area contributed by atoms with Crippen LogP contribution in [0.1, 0.15) is 16.1 Å². The molecule has 128 valence electrons. The lowest BCUT2D eigenvalue weighted by atomic mass is 10.1. The molecule has 3 rings (SSSR count). The third-order valence-electron chi connectivity index (χ3n) is 4.01. The van der Waals surface area contributed by atoms with Gasteiger partial charge in [0, 0.05) is 19.0 Å². The maximum atomic E-state index is 12.5. The molecule has 3 aromatic rings. The van der Waals surface area contributed by atoms with Crippen molar-refractivity contribution in [2.45, 2.75) is 6.42 Å². The van der Waals surface area contributed by atoms with Crippen LogP contribution in [0.4, 0.5) is 0 Å². The quantitative estimate of drug-likeness (QED) is 0.772. The maximum absolute atomic E-state index is 12.5. The number of methoxy groups -OCH3 is 1. The molecule has 1 N–H and O–H groups in total. The Balaban J connectivity index is 1.74. The summed E-state index contributed by atoms with van der Waals surface area (Å²) in [6, 6.07) is 14.7. The average molecular weight is 337 g/mol. The number of ether oxygens (including phenoxy) is 1. The van der Waals surface area contributed by atoms with Gasteiger partial charge in [-0.25, -0.2) is 0 Å². The predicted octanol–water partition coefficient (Wildman–Crippen LogP) is 1.91. The third-order valence-corrected chi connectivity index (χ3v) is 4.01. The highest BCUT2D eigenvalue weighted by molar-refractivity contribution is 5.95. The number of hydrogen-bond acceptors (Lipinski definition) is 4. The van der Waals surface area contributed by atoms with E-state index in [4.69, 9.17) is 4.74 Å². The fourth-order valence-corrected chi connectivity index (χ4v) is 2.71. The molecule has 0 unspecified atom stereocenters. The summed E-state index contributed by atoms with van der Waals surface area (Å²) in [6.45, 7) is 0.406. The zero-order valence-corrected chi connectivity index (χ0v) is 14.2. The van der Waals surface area contributed by atoms with Gasteiger partial charge in [0.1, 0.15) is 5.75 Å². The number of carbonyl (C=O) groups is 1. The summed E-state index contributed by atoms with van der Waals surface area (Å²) >= 11 is 0. The topological polar surface area (TPSA) is 73.2 Å². The van der Waals surface area contributed by atoms with Crippen LogP contribution in [0.3, 0.4) is 0 Å². The van der Waals surface area contributed by atoms with E-state index in [1.807, 2.05) is 30.3 Å². The van der Waals surface area contributed by atoms with Crippen LogP contribution in [0.5, 0.6) is 5.75 Å². The molecule has 0 bridgehead atoms. The van der Waals surface area contributed by atoms with Gasteiger partial charge in [-0.05, 0) is 36.2 Å². The number of aromatic nitrogens is 2. The van der Waals surface area contributed by atoms with Gasteiger partial charge in [-0.15, -0.1) is 0 Å². The van der Waals surface area contributed by atoms with Crippen LogP contribution in [-0.4, -0.2) is 29.3 Å². The van der Waals surface area contributed by atoms with Crippen molar-refractivity contribution in [3.8, 4) is 5.75 Å². The summed E-state index contributed by atoms with van der Waals surface area (Å²) in [5, 5.41) is 7.37. The van der Waals surface area contributed by atoms with Crippen molar-refractivity contribution in [2.75, 3.05) is 13.7 Å². The molecule has 2 aromatic carbocycles. The Kier molecular flexibility index (Phi) is 4.79. The van der Waals surface area contributed by atoms with E-state index in [1.54, 1.807) is 37.0 Å². The summed E-state index contributed by atoms with van der Waals surface area (Å²) in [5.41, 5.74) is 1.29. The van der Waals surface area contributed by atoms with Gasteiger partial charge in [0.05, 0.1) is 12.6 Å². The largest absolute Gasteiger partial charge is 0.497 e. The summed E-state index contributed by atoms with van der Waals surface area (Å²) in [7, 11) is 3.33. The third kappa shape index (κ3) is 3.52. The van der Waals surface area contributed by atoms with Crippen LogP contribution in [0.15, 0.2) is 53.3 Å². The molecular weight excluding hydrogens is 318 g/mol. The lowest BCUT2D eigenvalue weighted by Gasteiger charge is -2.09. The zero-order valence-electron chi connectivity index (χ0n) is 14.2. The Bertz CT molecular complexity index is 979. The molecule has 0 aliphatic heterocycles. The molecular formula is C19H19N3O3. The Morgan fingerprint density at radius 2 is 2.00 bits per heavy atom. The molecule has 1 aromatic heterocycles. The van der Waals surface area contributed by atoms with Gasteiger partial charge in [-0.1, -0.05) is 24.3 Å². The van der Waals surface area contributed by atoms with Crippen LogP contribution in [0.25, 0.3) is 10.9 Å². The van der Waals surface area contributed by atoms with Crippen molar-refractivity contribution in [1.29, 1.82) is 0 Å². The van der Waals surface area contributed by atoms with Gasteiger partial charge < -0.3 is 10.1 Å². The van der Waals surface area contributed by atoms with E-state index in [1.165, 1.54) is 0 Å². The number of carbonyl (C=O) groups excluding carboxylic acids is 1. The Morgan fingerprint density at radius 3 is 2.80 bits per heavy atom. The fourth-order valence-electron chi connectivity index (χ4n) is 2.71. The number of hydrogen-bond donors (Lipinski definition) is 1. The van der Waals surface area contributed by atoms with E-state index in [0.717, 1.165) is 11.3 Å². The highest BCUT2D eigenvalue weighted by Crippen LogP contribution is 2.12. The highest BCUT2D eigenvalue weighted by Gasteiger charge is 2.15. The Morgan fingerprint density at radius 1 is 1.20 bits per heavy atom. The molecule has 0 saturated carbocycles. The molecule has 1 amide bonds. The second-order valence-corrected chi connectivity index (χ2v) is 5.68. The summed E-state index contributed by atoms with van der Waals surface area (Å²) in [6.07, 6.45) is 0.636. The fraction of sp³-hybridized carbons (Fsp3) is 0.211. The van der Waals surface area contributed by atoms with Gasteiger partial charge in [0.2, 0.25) is 5.43 Å². The Hall–Kier alpha value is -3.15. The zero-order chi connectivity index (χ0) is 17.8. The minimum atomic E-state index is -0.464. The number of amides is 1. The van der Waals surface area contributed by atoms with E-state index < -0.39 is 5.91 Å². The van der Waals surface area contributed by atoms with Crippen LogP contribution >= 0.6 is 0 Å². The molecule has 6 nitrogen and oxygen atoms in total. The first kappa shape index (κ1) is 16.7. The summed E-state index contributed by atoms with van der Waals surface area (Å²) in [4.78, 5) is 24.8. The first-order valence-electron chi connectivity index (χ1n) is 7.97. The van der Waals surface area contributed by atoms with E-state index in [2.05, 4.69) is 10.4 Å². The molecule has 0 radical (unpaired) electrons. The Labute approximate surface area is 145 Å². The number of para-hydroxylation sites is 1. The van der Waals surface area contributed by atoms with Gasteiger partial charge >= 0.3 is 0 Å². The maximum Gasteiger partial charge on any atom is 0.275 e. The molecule has 0 aliphatic carbocycles. The van der Waals surface area contributed by atoms with E-state index >= 15 is 0 Å². The molecule has 0 saturated heterocycles. The molecule has 0 aliphatic rings. The van der Waals surface area contributed by atoms with Crippen molar-refractivity contribution < 1.29 is 9.53 Å². The molecule has 6 heteroatoms. The van der Waals surface area contributed by atoms with Gasteiger partial charge in [-0.3, -0.25) is 14.3 Å². The number of nitrogens with zero attached hydrogens (tertiary/aromatic N) is 2. The van der Waals surface area contributed by atoms with Gasteiger partial charge in [-0.2, -0.15) is 5.10 Å². The normalized spacial score (nSPS) is 10.6. The van der Waals surface area contributed by atoms with Crippen LogP contribution in [0, 0.1) is 0 Å². The summed E-state index contributed by atoms with van der Waals surface area (Å²) < 4.78 is 6.73. The molecule has 0 atom stereocenters. The first-order chi connectivity index (χ1) is 12.1. The van der Waals surface area contributed by atoms with E-state index in [0.29, 0.717) is 23.9 Å². The van der Waals surface area contributed by atoms with Crippen molar-refractivity contribution in [3.05, 3.63) is 70.0 Å². The lowest BCUT2D eigenvalue weighted by Crippen LogP contribution is -2.33. The molecule has 0 spiro atoms. The first-order valence-corrected chi connectivity index (χ1v) is 7.97. The van der Waals surface area contributed by atoms with Gasteiger partial charge in [0.15, 0.2) is 5.69 Å². The SMILES string of the molecule is COc1cccc(CCNC(=O)c2nn(C)c3ccccc3c2=O)c1. The van der Waals surface area contributed by atoms with E-state index in [-0.39, 0.29) is 11.1 Å². The van der Waals surface area contributed by atoms with E-state index in [9.17, 15) is 9.59 Å². The second kappa shape index (κ2) is 7.17. The summed E-state index contributed by atoms with van der Waals surface area (Å²) in [5.74, 6) is 0.308. The lowest BCUT2D eigenvalue weighted by molar-refractivity contribution is 0.0946. The average Bonchev–Trinajstić information content (AvgIpc) is 2.64. The number of fused-ring (bicyclic) bond motifs is 1. The van der Waals surface area contributed by atoms with Crippen molar-refractivity contribution in [3.63, 3.8) is 0 Å². The number of aryl methyl sites for hydroxylation is 1. The van der Waals surface area contributed by atoms with Crippen molar-refractivity contribution in [2.24, 2.45) is 7.05 Å². The van der Waals surface area contributed by atoms with Crippen molar-refractivity contribution in [1.82, 2.24) is 15.1 Å². The highest BCUT2D eigenvalue weighted by atomic mass is 16.5. The second-order valence-electron chi connectivity index (χ2n) is 5.68. The molecule has 1 heterocycles. The number of nitrogens with one attached hydrogen (secondary N) is 1. The number of rotatable bonds is 5. The minimum Gasteiger partial charge on any atom is -0.497 e. The predicted molar refractivity (Wildman–Crippen MR) is 96.0 cm³/mol. The van der Waals surface area contributed by atoms with Crippen LogP contribution < -0.4 is 15.5 Å². The van der Waals surface area contributed by atoms with Crippen LogP contribution in [-0.2, 0) is 13.5 Å². The van der Waals surface area contributed by atoms with Gasteiger partial charge in [0.25, 0.3) is 5.91 Å². The standard InChI is InChI=1S/C19H19N3O3/c1-22-16-9-4-3-8-15(16)18(23)17(21-22)19(24)20-11-10-13-6-5-7-14(12-13)25-2/h3-9,12H,10-11H2,1-2H3,(H,20,24). The molecule has 25 heavy (non-hydrogen) atoms. The monoisotopic (exact) mass is 337 g/mol. The smallest absolute Gasteiger partial charge is 0.275 e. The molecule has 0 fully saturated rings.